The van der Waals surface area contributed by atoms with Gasteiger partial charge in [-0.2, -0.15) is 0 Å². The van der Waals surface area contributed by atoms with Crippen molar-refractivity contribution < 1.29 is 4.92 Å². The summed E-state index contributed by atoms with van der Waals surface area (Å²) < 4.78 is 0. The molecule has 0 fully saturated rings. The molecule has 88 valence electrons. The van der Waals surface area contributed by atoms with E-state index in [4.69, 9.17) is 0 Å². The molecule has 0 N–H and O–H groups in total. The van der Waals surface area contributed by atoms with Crippen LogP contribution in [0.2, 0.25) is 0 Å². The lowest BCUT2D eigenvalue weighted by Gasteiger charge is -2.13. The molecule has 1 aromatic rings. The van der Waals surface area contributed by atoms with E-state index in [0.29, 0.717) is 10.7 Å². The zero-order valence-electron chi connectivity index (χ0n) is 9.74. The molecule has 0 aromatic heterocycles. The number of aryl methyl sites for hydroxylation is 1. The van der Waals surface area contributed by atoms with Gasteiger partial charge in [-0.3, -0.25) is 10.1 Å². The summed E-state index contributed by atoms with van der Waals surface area (Å²) in [5.74, 6) is 0.551. The number of nitrogens with zero attached hydrogens (tertiary/aromatic N) is 1. The number of nitro benzene ring substituents is 1. The average molecular weight is 286 g/mol. The topological polar surface area (TPSA) is 43.1 Å². The number of nitro groups is 1. The maximum Gasteiger partial charge on any atom is 0.272 e. The van der Waals surface area contributed by atoms with Crippen LogP contribution >= 0.6 is 15.9 Å². The second kappa shape index (κ2) is 5.43. The largest absolute Gasteiger partial charge is 0.272 e. The molecule has 0 heterocycles. The van der Waals surface area contributed by atoms with Gasteiger partial charge in [-0.05, 0) is 30.9 Å². The van der Waals surface area contributed by atoms with Crippen molar-refractivity contribution in [3.05, 3.63) is 39.4 Å². The normalized spacial score (nSPS) is 12.8. The zero-order valence-corrected chi connectivity index (χ0v) is 11.3. The van der Waals surface area contributed by atoms with E-state index in [0.717, 1.165) is 17.5 Å². The first-order valence-electron chi connectivity index (χ1n) is 5.29. The number of hydrogen-bond donors (Lipinski definition) is 0. The summed E-state index contributed by atoms with van der Waals surface area (Å²) >= 11 is 3.62. The van der Waals surface area contributed by atoms with Gasteiger partial charge in [0.05, 0.1) is 4.92 Å². The Bertz CT molecular complexity index is 391. The summed E-state index contributed by atoms with van der Waals surface area (Å²) in [4.78, 5) is 10.7. The Kier molecular flexibility index (Phi) is 4.47. The second-order valence-corrected chi connectivity index (χ2v) is 5.52. The fourth-order valence-corrected chi connectivity index (χ4v) is 1.88. The molecule has 4 heteroatoms. The van der Waals surface area contributed by atoms with Gasteiger partial charge in [-0.15, -0.1) is 0 Å². The van der Waals surface area contributed by atoms with E-state index in [1.807, 2.05) is 12.1 Å². The van der Waals surface area contributed by atoms with Gasteiger partial charge in [0.15, 0.2) is 0 Å². The predicted molar refractivity (Wildman–Crippen MR) is 69.1 cm³/mol. The summed E-state index contributed by atoms with van der Waals surface area (Å²) in [7, 11) is 0. The molecule has 0 aliphatic carbocycles. The van der Waals surface area contributed by atoms with E-state index in [1.54, 1.807) is 13.0 Å². The summed E-state index contributed by atoms with van der Waals surface area (Å²) in [5, 5.41) is 10.7. The van der Waals surface area contributed by atoms with Gasteiger partial charge in [0, 0.05) is 16.5 Å². The van der Waals surface area contributed by atoms with Gasteiger partial charge in [-0.25, -0.2) is 0 Å². The van der Waals surface area contributed by atoms with Crippen LogP contribution in [0.4, 0.5) is 5.69 Å². The minimum Gasteiger partial charge on any atom is -0.258 e. The zero-order chi connectivity index (χ0) is 12.3. The lowest BCUT2D eigenvalue weighted by Crippen LogP contribution is -2.10. The summed E-state index contributed by atoms with van der Waals surface area (Å²) in [5.41, 5.74) is 2.06. The van der Waals surface area contributed by atoms with Gasteiger partial charge < -0.3 is 0 Å². The Hall–Kier alpha value is -0.900. The summed E-state index contributed by atoms with van der Waals surface area (Å²) in [6, 6.07) is 5.32. The first kappa shape index (κ1) is 13.2. The predicted octanol–water partition coefficient (Wildman–Crippen LogP) is 3.87. The molecule has 1 rings (SSSR count). The summed E-state index contributed by atoms with van der Waals surface area (Å²) in [6.07, 6.45) is 0.899. The molecule has 0 saturated carbocycles. The van der Waals surface area contributed by atoms with E-state index in [9.17, 15) is 10.1 Å². The first-order valence-corrected chi connectivity index (χ1v) is 6.21. The monoisotopic (exact) mass is 285 g/mol. The minimum absolute atomic E-state index is 0.194. The fraction of sp³-hybridized carbons (Fsp3) is 0.500. The van der Waals surface area contributed by atoms with Gasteiger partial charge >= 0.3 is 0 Å². The van der Waals surface area contributed by atoms with Gasteiger partial charge in [0.1, 0.15) is 0 Å². The molecule has 0 radical (unpaired) electrons. The second-order valence-electron chi connectivity index (χ2n) is 4.34. The van der Waals surface area contributed by atoms with Crippen molar-refractivity contribution in [1.82, 2.24) is 0 Å². The van der Waals surface area contributed by atoms with E-state index < -0.39 is 0 Å². The van der Waals surface area contributed by atoms with Crippen LogP contribution in [0.25, 0.3) is 0 Å². The molecule has 0 aliphatic rings. The van der Waals surface area contributed by atoms with Crippen LogP contribution < -0.4 is 0 Å². The minimum atomic E-state index is -0.340. The Morgan fingerprint density at radius 2 is 2.06 bits per heavy atom. The molecule has 1 unspecified atom stereocenters. The van der Waals surface area contributed by atoms with Crippen molar-refractivity contribution in [3.8, 4) is 0 Å². The smallest absolute Gasteiger partial charge is 0.258 e. The molecule has 16 heavy (non-hydrogen) atoms. The quantitative estimate of drug-likeness (QED) is 0.479. The van der Waals surface area contributed by atoms with Crippen LogP contribution in [-0.2, 0) is 6.42 Å². The third-order valence-corrected chi connectivity index (χ3v) is 3.99. The molecule has 1 aromatic carbocycles. The van der Waals surface area contributed by atoms with Crippen molar-refractivity contribution in [2.75, 3.05) is 0 Å². The van der Waals surface area contributed by atoms with E-state index in [1.165, 1.54) is 0 Å². The molecule has 1 atom stereocenters. The van der Waals surface area contributed by atoms with Gasteiger partial charge in [0.2, 0.25) is 0 Å². The SMILES string of the molecule is Cc1cc(CC(Br)C(C)C)ccc1[N+](=O)[O-]. The van der Waals surface area contributed by atoms with Crippen molar-refractivity contribution in [1.29, 1.82) is 0 Å². The third kappa shape index (κ3) is 3.30. The van der Waals surface area contributed by atoms with Crippen molar-refractivity contribution in [2.45, 2.75) is 32.0 Å². The van der Waals surface area contributed by atoms with E-state index >= 15 is 0 Å². The van der Waals surface area contributed by atoms with Crippen LogP contribution in [0, 0.1) is 23.0 Å². The molecule has 0 bridgehead atoms. The molecule has 0 saturated heterocycles. The average Bonchev–Trinajstić information content (AvgIpc) is 2.16. The Morgan fingerprint density at radius 3 is 2.50 bits per heavy atom. The molecule has 0 aliphatic heterocycles. The highest BCUT2D eigenvalue weighted by molar-refractivity contribution is 9.09. The Labute approximate surface area is 104 Å². The van der Waals surface area contributed by atoms with Crippen molar-refractivity contribution >= 4 is 21.6 Å². The molecular weight excluding hydrogens is 270 g/mol. The van der Waals surface area contributed by atoms with Gasteiger partial charge in [-0.1, -0.05) is 35.8 Å². The molecule has 0 spiro atoms. The molecular formula is C12H16BrNO2. The van der Waals surface area contributed by atoms with Crippen molar-refractivity contribution in [3.63, 3.8) is 0 Å². The van der Waals surface area contributed by atoms with Crippen LogP contribution in [-0.4, -0.2) is 9.75 Å². The Morgan fingerprint density at radius 1 is 1.44 bits per heavy atom. The fourth-order valence-electron chi connectivity index (χ4n) is 1.51. The van der Waals surface area contributed by atoms with Crippen LogP contribution in [0.5, 0.6) is 0 Å². The summed E-state index contributed by atoms with van der Waals surface area (Å²) in [6.45, 7) is 6.08. The number of rotatable bonds is 4. The number of hydrogen-bond acceptors (Lipinski definition) is 2. The first-order chi connectivity index (χ1) is 7.41. The highest BCUT2D eigenvalue weighted by Crippen LogP contribution is 2.23. The van der Waals surface area contributed by atoms with Gasteiger partial charge in [0.25, 0.3) is 5.69 Å². The molecule has 3 nitrogen and oxygen atoms in total. The van der Waals surface area contributed by atoms with Crippen LogP contribution in [0.3, 0.4) is 0 Å². The lowest BCUT2D eigenvalue weighted by molar-refractivity contribution is -0.385. The highest BCUT2D eigenvalue weighted by atomic mass is 79.9. The van der Waals surface area contributed by atoms with E-state index in [2.05, 4.69) is 29.8 Å². The number of benzene rings is 1. The maximum atomic E-state index is 10.7. The van der Waals surface area contributed by atoms with Crippen molar-refractivity contribution in [2.24, 2.45) is 5.92 Å². The third-order valence-electron chi connectivity index (χ3n) is 2.61. The van der Waals surface area contributed by atoms with Crippen LogP contribution in [0.1, 0.15) is 25.0 Å². The highest BCUT2D eigenvalue weighted by Gasteiger charge is 2.13. The van der Waals surface area contributed by atoms with E-state index in [-0.39, 0.29) is 10.6 Å². The van der Waals surface area contributed by atoms with Crippen LogP contribution in [0.15, 0.2) is 18.2 Å². The molecule has 0 amide bonds. The lowest BCUT2D eigenvalue weighted by atomic mass is 10.0. The Balaban J connectivity index is 2.85. The number of alkyl halides is 1. The maximum absolute atomic E-state index is 10.7. The standard InChI is InChI=1S/C12H16BrNO2/c1-8(2)11(13)7-10-4-5-12(14(15)16)9(3)6-10/h4-6,8,11H,7H2,1-3H3. The number of halogens is 1.